The second-order valence-electron chi connectivity index (χ2n) is 5.58. The van der Waals surface area contributed by atoms with Gasteiger partial charge in [0.05, 0.1) is 6.04 Å². The number of carbonyl (C=O) groups is 1. The van der Waals surface area contributed by atoms with Gasteiger partial charge >= 0.3 is 0 Å². The van der Waals surface area contributed by atoms with E-state index in [1.807, 2.05) is 6.92 Å². The molecule has 0 aliphatic carbocycles. The Morgan fingerprint density at radius 1 is 1.28 bits per heavy atom. The fourth-order valence-corrected chi connectivity index (χ4v) is 3.16. The first-order chi connectivity index (χ1) is 8.79. The SMILES string of the molecule is CCNC(=O)C1CC(CC2CCOCC2)CCN1. The van der Waals surface area contributed by atoms with E-state index in [1.165, 1.54) is 25.7 Å². The zero-order valence-corrected chi connectivity index (χ0v) is 11.4. The largest absolute Gasteiger partial charge is 0.381 e. The van der Waals surface area contributed by atoms with Crippen molar-refractivity contribution >= 4 is 5.91 Å². The Bertz CT molecular complexity index is 265. The van der Waals surface area contributed by atoms with Gasteiger partial charge in [-0.05, 0) is 57.4 Å². The van der Waals surface area contributed by atoms with Gasteiger partial charge in [-0.25, -0.2) is 0 Å². The van der Waals surface area contributed by atoms with Crippen molar-refractivity contribution in [3.8, 4) is 0 Å². The summed E-state index contributed by atoms with van der Waals surface area (Å²) in [5.41, 5.74) is 0. The minimum Gasteiger partial charge on any atom is -0.381 e. The highest BCUT2D eigenvalue weighted by atomic mass is 16.5. The summed E-state index contributed by atoms with van der Waals surface area (Å²) in [5, 5.41) is 6.25. The molecule has 2 rings (SSSR count). The molecular weight excluding hydrogens is 228 g/mol. The number of rotatable bonds is 4. The van der Waals surface area contributed by atoms with E-state index in [0.29, 0.717) is 5.92 Å². The van der Waals surface area contributed by atoms with Gasteiger partial charge < -0.3 is 15.4 Å². The molecule has 0 saturated carbocycles. The lowest BCUT2D eigenvalue weighted by Gasteiger charge is -2.33. The number of ether oxygens (including phenoxy) is 1. The summed E-state index contributed by atoms with van der Waals surface area (Å²) in [6.45, 7) is 5.53. The van der Waals surface area contributed by atoms with Gasteiger partial charge in [0.25, 0.3) is 0 Å². The number of hydrogen-bond acceptors (Lipinski definition) is 3. The lowest BCUT2D eigenvalue weighted by atomic mass is 9.82. The van der Waals surface area contributed by atoms with Crippen LogP contribution in [-0.2, 0) is 9.53 Å². The molecule has 0 aromatic heterocycles. The van der Waals surface area contributed by atoms with Crippen molar-refractivity contribution in [2.45, 2.75) is 45.1 Å². The number of piperidine rings is 1. The molecule has 1 amide bonds. The molecule has 0 aromatic carbocycles. The van der Waals surface area contributed by atoms with Crippen molar-refractivity contribution in [3.63, 3.8) is 0 Å². The van der Waals surface area contributed by atoms with Crippen LogP contribution in [0.15, 0.2) is 0 Å². The average Bonchev–Trinajstić information content (AvgIpc) is 2.40. The maximum Gasteiger partial charge on any atom is 0.237 e. The summed E-state index contributed by atoms with van der Waals surface area (Å²) in [4.78, 5) is 11.8. The molecule has 0 radical (unpaired) electrons. The van der Waals surface area contributed by atoms with Gasteiger partial charge in [0.15, 0.2) is 0 Å². The van der Waals surface area contributed by atoms with E-state index in [-0.39, 0.29) is 11.9 Å². The lowest BCUT2D eigenvalue weighted by molar-refractivity contribution is -0.124. The van der Waals surface area contributed by atoms with Crippen molar-refractivity contribution in [1.82, 2.24) is 10.6 Å². The number of carbonyl (C=O) groups excluding carboxylic acids is 1. The molecule has 104 valence electrons. The highest BCUT2D eigenvalue weighted by Gasteiger charge is 2.28. The van der Waals surface area contributed by atoms with E-state index < -0.39 is 0 Å². The molecule has 0 bridgehead atoms. The number of hydrogen-bond donors (Lipinski definition) is 2. The Labute approximate surface area is 110 Å². The first-order valence-electron chi connectivity index (χ1n) is 7.38. The van der Waals surface area contributed by atoms with E-state index >= 15 is 0 Å². The van der Waals surface area contributed by atoms with Crippen molar-refractivity contribution in [1.29, 1.82) is 0 Å². The molecule has 0 spiro atoms. The quantitative estimate of drug-likeness (QED) is 0.795. The lowest BCUT2D eigenvalue weighted by Crippen LogP contribution is -2.48. The molecule has 0 aromatic rings. The molecule has 2 heterocycles. The van der Waals surface area contributed by atoms with Gasteiger partial charge in [-0.2, -0.15) is 0 Å². The van der Waals surface area contributed by atoms with Crippen LogP contribution in [0.1, 0.15) is 39.0 Å². The smallest absolute Gasteiger partial charge is 0.237 e. The topological polar surface area (TPSA) is 50.4 Å². The highest BCUT2D eigenvalue weighted by Crippen LogP contribution is 2.29. The summed E-state index contributed by atoms with van der Waals surface area (Å²) < 4.78 is 5.40. The minimum atomic E-state index is 0.0311. The van der Waals surface area contributed by atoms with Gasteiger partial charge in [-0.1, -0.05) is 0 Å². The third-order valence-corrected chi connectivity index (χ3v) is 4.19. The molecule has 2 fully saturated rings. The fourth-order valence-electron chi connectivity index (χ4n) is 3.16. The van der Waals surface area contributed by atoms with Crippen LogP contribution >= 0.6 is 0 Å². The van der Waals surface area contributed by atoms with Crippen molar-refractivity contribution in [2.75, 3.05) is 26.3 Å². The first kappa shape index (κ1) is 13.8. The zero-order valence-electron chi connectivity index (χ0n) is 11.4. The molecular formula is C14H26N2O2. The molecule has 4 heteroatoms. The van der Waals surface area contributed by atoms with E-state index in [0.717, 1.165) is 38.6 Å². The summed E-state index contributed by atoms with van der Waals surface area (Å²) in [6, 6.07) is 0.0311. The van der Waals surface area contributed by atoms with Gasteiger partial charge in [-0.15, -0.1) is 0 Å². The molecule has 2 N–H and O–H groups in total. The van der Waals surface area contributed by atoms with Crippen LogP contribution in [0.25, 0.3) is 0 Å². The normalized spacial score (nSPS) is 30.1. The van der Waals surface area contributed by atoms with Crippen molar-refractivity contribution in [3.05, 3.63) is 0 Å². The Balaban J connectivity index is 1.77. The predicted molar refractivity (Wildman–Crippen MR) is 71.4 cm³/mol. The maximum atomic E-state index is 11.8. The first-order valence-corrected chi connectivity index (χ1v) is 7.38. The molecule has 2 aliphatic heterocycles. The molecule has 2 saturated heterocycles. The summed E-state index contributed by atoms with van der Waals surface area (Å²) in [7, 11) is 0. The zero-order chi connectivity index (χ0) is 12.8. The molecule has 2 atom stereocenters. The molecule has 2 aliphatic rings. The number of likely N-dealkylation sites (N-methyl/N-ethyl adjacent to an activating group) is 1. The van der Waals surface area contributed by atoms with Crippen molar-refractivity contribution in [2.24, 2.45) is 11.8 Å². The molecule has 2 unspecified atom stereocenters. The predicted octanol–water partition coefficient (Wildman–Crippen LogP) is 1.31. The van der Waals surface area contributed by atoms with Crippen LogP contribution in [0.5, 0.6) is 0 Å². The third kappa shape index (κ3) is 3.95. The molecule has 18 heavy (non-hydrogen) atoms. The maximum absolute atomic E-state index is 11.8. The van der Waals surface area contributed by atoms with E-state index in [1.54, 1.807) is 0 Å². The van der Waals surface area contributed by atoms with Gasteiger partial charge in [0.2, 0.25) is 5.91 Å². The van der Waals surface area contributed by atoms with E-state index in [9.17, 15) is 4.79 Å². The van der Waals surface area contributed by atoms with Gasteiger partial charge in [0, 0.05) is 19.8 Å². The Morgan fingerprint density at radius 2 is 2.06 bits per heavy atom. The Hall–Kier alpha value is -0.610. The van der Waals surface area contributed by atoms with Crippen LogP contribution in [0.4, 0.5) is 0 Å². The van der Waals surface area contributed by atoms with Crippen LogP contribution in [0.2, 0.25) is 0 Å². The minimum absolute atomic E-state index is 0.0311. The van der Waals surface area contributed by atoms with Crippen LogP contribution in [0, 0.1) is 11.8 Å². The third-order valence-electron chi connectivity index (χ3n) is 4.19. The summed E-state index contributed by atoms with van der Waals surface area (Å²) in [6.07, 6.45) is 5.91. The number of amides is 1. The number of nitrogens with one attached hydrogen (secondary N) is 2. The van der Waals surface area contributed by atoms with Crippen LogP contribution in [-0.4, -0.2) is 38.3 Å². The second kappa shape index (κ2) is 7.10. The second-order valence-corrected chi connectivity index (χ2v) is 5.58. The summed E-state index contributed by atoms with van der Waals surface area (Å²) >= 11 is 0. The Morgan fingerprint density at radius 3 is 2.78 bits per heavy atom. The standard InChI is InChI=1S/C14H26N2O2/c1-2-15-14(17)13-10-12(3-6-16-13)9-11-4-7-18-8-5-11/h11-13,16H,2-10H2,1H3,(H,15,17). The van der Waals surface area contributed by atoms with Crippen LogP contribution in [0.3, 0.4) is 0 Å². The van der Waals surface area contributed by atoms with E-state index in [4.69, 9.17) is 4.74 Å². The fraction of sp³-hybridized carbons (Fsp3) is 0.929. The molecule has 4 nitrogen and oxygen atoms in total. The monoisotopic (exact) mass is 254 g/mol. The van der Waals surface area contributed by atoms with Crippen molar-refractivity contribution < 1.29 is 9.53 Å². The summed E-state index contributed by atoms with van der Waals surface area (Å²) in [5.74, 6) is 1.70. The average molecular weight is 254 g/mol. The Kier molecular flexibility index (Phi) is 5.45. The van der Waals surface area contributed by atoms with Gasteiger partial charge in [0.1, 0.15) is 0 Å². The van der Waals surface area contributed by atoms with E-state index in [2.05, 4.69) is 10.6 Å². The van der Waals surface area contributed by atoms with Crippen LogP contribution < -0.4 is 10.6 Å². The van der Waals surface area contributed by atoms with Gasteiger partial charge in [-0.3, -0.25) is 4.79 Å². The highest BCUT2D eigenvalue weighted by molar-refractivity contribution is 5.81.